The number of hydrogen-bond acceptors (Lipinski definition) is 4. The van der Waals surface area contributed by atoms with Crippen LogP contribution in [0.15, 0.2) is 16.6 Å². The Labute approximate surface area is 128 Å². The van der Waals surface area contributed by atoms with Crippen LogP contribution in [0.4, 0.5) is 0 Å². The fraction of sp³-hybridized carbons (Fsp3) is 0.600. The zero-order chi connectivity index (χ0) is 13.9. The lowest BCUT2D eigenvalue weighted by Gasteiger charge is -2.14. The fourth-order valence-corrected chi connectivity index (χ4v) is 3.33. The Hall–Kier alpha value is -0.780. The van der Waals surface area contributed by atoms with E-state index in [1.165, 1.54) is 31.6 Å². The zero-order valence-electron chi connectivity index (χ0n) is 11.8. The Morgan fingerprint density at radius 3 is 2.90 bits per heavy atom. The van der Waals surface area contributed by atoms with Crippen molar-refractivity contribution in [2.24, 2.45) is 5.92 Å². The molecule has 20 heavy (non-hydrogen) atoms. The maximum atomic E-state index is 5.42. The first-order chi connectivity index (χ1) is 9.76. The molecule has 1 unspecified atom stereocenters. The van der Waals surface area contributed by atoms with Crippen molar-refractivity contribution in [3.05, 3.63) is 22.2 Å². The van der Waals surface area contributed by atoms with Crippen molar-refractivity contribution in [1.29, 1.82) is 0 Å². The summed E-state index contributed by atoms with van der Waals surface area (Å²) in [6.45, 7) is 8.15. The molecule has 1 saturated heterocycles. The van der Waals surface area contributed by atoms with Crippen LogP contribution in [0.3, 0.4) is 0 Å². The molecule has 3 rings (SSSR count). The van der Waals surface area contributed by atoms with Crippen molar-refractivity contribution in [3.8, 4) is 11.5 Å². The van der Waals surface area contributed by atoms with Gasteiger partial charge in [0.25, 0.3) is 0 Å². The van der Waals surface area contributed by atoms with Gasteiger partial charge in [0.1, 0.15) is 0 Å². The maximum absolute atomic E-state index is 5.42. The van der Waals surface area contributed by atoms with E-state index in [2.05, 4.69) is 39.1 Å². The summed E-state index contributed by atoms with van der Waals surface area (Å²) in [7, 11) is 0. The molecule has 110 valence electrons. The Balaban J connectivity index is 1.51. The third-order valence-corrected chi connectivity index (χ3v) is 4.85. The minimum absolute atomic E-state index is 0.327. The lowest BCUT2D eigenvalue weighted by molar-refractivity contribution is 0.174. The van der Waals surface area contributed by atoms with E-state index in [1.54, 1.807) is 0 Å². The summed E-state index contributed by atoms with van der Waals surface area (Å²) >= 11 is 3.60. The second-order valence-corrected chi connectivity index (χ2v) is 6.33. The molecule has 1 fully saturated rings. The lowest BCUT2D eigenvalue weighted by atomic mass is 10.1. The molecule has 2 aliphatic heterocycles. The van der Waals surface area contributed by atoms with Crippen LogP contribution < -0.4 is 14.8 Å². The molecule has 0 spiro atoms. The van der Waals surface area contributed by atoms with Crippen molar-refractivity contribution < 1.29 is 9.47 Å². The van der Waals surface area contributed by atoms with Crippen LogP contribution in [0, 0.1) is 5.92 Å². The number of likely N-dealkylation sites (tertiary alicyclic amines) is 1. The highest BCUT2D eigenvalue weighted by molar-refractivity contribution is 9.10. The molecular weight excluding hydrogens is 320 g/mol. The summed E-state index contributed by atoms with van der Waals surface area (Å²) in [5.41, 5.74) is 1.22. The predicted molar refractivity (Wildman–Crippen MR) is 82.2 cm³/mol. The van der Waals surface area contributed by atoms with Crippen molar-refractivity contribution in [1.82, 2.24) is 10.2 Å². The topological polar surface area (TPSA) is 33.7 Å². The first-order valence-corrected chi connectivity index (χ1v) is 8.06. The summed E-state index contributed by atoms with van der Waals surface area (Å²) in [5.74, 6) is 2.46. The van der Waals surface area contributed by atoms with Crippen LogP contribution in [0.2, 0.25) is 0 Å². The van der Waals surface area contributed by atoms with E-state index in [0.29, 0.717) is 6.79 Å². The average Bonchev–Trinajstić information content (AvgIpc) is 3.07. The Bertz CT molecular complexity index is 481. The van der Waals surface area contributed by atoms with E-state index in [0.717, 1.165) is 35.0 Å². The monoisotopic (exact) mass is 340 g/mol. The predicted octanol–water partition coefficient (Wildman–Crippen LogP) is 2.61. The second kappa shape index (κ2) is 6.33. The Kier molecular flexibility index (Phi) is 4.48. The Morgan fingerprint density at radius 2 is 2.15 bits per heavy atom. The third-order valence-electron chi connectivity index (χ3n) is 4.11. The summed E-state index contributed by atoms with van der Waals surface area (Å²) in [6.07, 6.45) is 1.31. The number of nitrogens with one attached hydrogen (secondary N) is 1. The quantitative estimate of drug-likeness (QED) is 0.893. The highest BCUT2D eigenvalue weighted by atomic mass is 79.9. The first kappa shape index (κ1) is 14.2. The van der Waals surface area contributed by atoms with Crippen molar-refractivity contribution >= 4 is 15.9 Å². The van der Waals surface area contributed by atoms with Crippen LogP contribution >= 0.6 is 15.9 Å². The molecule has 1 atom stereocenters. The number of halogens is 1. The van der Waals surface area contributed by atoms with Crippen LogP contribution in [-0.2, 0) is 6.54 Å². The highest BCUT2D eigenvalue weighted by Gasteiger charge is 2.21. The number of ether oxygens (including phenoxy) is 2. The van der Waals surface area contributed by atoms with Crippen LogP contribution in [0.25, 0.3) is 0 Å². The van der Waals surface area contributed by atoms with Gasteiger partial charge < -0.3 is 19.7 Å². The summed E-state index contributed by atoms with van der Waals surface area (Å²) < 4.78 is 11.9. The molecule has 2 aliphatic rings. The van der Waals surface area contributed by atoms with Gasteiger partial charge in [-0.05, 0) is 49.7 Å². The van der Waals surface area contributed by atoms with Crippen molar-refractivity contribution in [3.63, 3.8) is 0 Å². The molecule has 1 N–H and O–H groups in total. The second-order valence-electron chi connectivity index (χ2n) is 5.48. The molecule has 1 aromatic rings. The summed E-state index contributed by atoms with van der Waals surface area (Å²) in [5, 5.41) is 3.57. The van der Waals surface area contributed by atoms with Gasteiger partial charge in [-0.2, -0.15) is 0 Å². The molecule has 2 heterocycles. The molecule has 0 bridgehead atoms. The minimum atomic E-state index is 0.327. The van der Waals surface area contributed by atoms with Crippen molar-refractivity contribution in [2.45, 2.75) is 19.9 Å². The molecule has 0 aliphatic carbocycles. The van der Waals surface area contributed by atoms with Gasteiger partial charge in [-0.15, -0.1) is 0 Å². The summed E-state index contributed by atoms with van der Waals surface area (Å²) in [4.78, 5) is 2.52. The molecule has 0 amide bonds. The van der Waals surface area contributed by atoms with Crippen molar-refractivity contribution in [2.75, 3.05) is 33.0 Å². The van der Waals surface area contributed by atoms with Crippen LogP contribution in [0.5, 0.6) is 11.5 Å². The van der Waals surface area contributed by atoms with Gasteiger partial charge in [0.15, 0.2) is 11.5 Å². The Morgan fingerprint density at radius 1 is 1.35 bits per heavy atom. The number of rotatable bonds is 5. The summed E-state index contributed by atoms with van der Waals surface area (Å²) in [6, 6.07) is 4.06. The van der Waals surface area contributed by atoms with Crippen LogP contribution in [-0.4, -0.2) is 37.9 Å². The molecule has 0 saturated carbocycles. The van der Waals surface area contributed by atoms with E-state index in [9.17, 15) is 0 Å². The van der Waals surface area contributed by atoms with Gasteiger partial charge in [0, 0.05) is 17.6 Å². The van der Waals surface area contributed by atoms with E-state index in [-0.39, 0.29) is 0 Å². The molecule has 5 heteroatoms. The van der Waals surface area contributed by atoms with E-state index in [1.807, 2.05) is 6.07 Å². The van der Waals surface area contributed by atoms with Gasteiger partial charge >= 0.3 is 0 Å². The lowest BCUT2D eigenvalue weighted by Crippen LogP contribution is -2.26. The van der Waals surface area contributed by atoms with E-state index in [4.69, 9.17) is 9.47 Å². The first-order valence-electron chi connectivity index (χ1n) is 7.27. The minimum Gasteiger partial charge on any atom is -0.454 e. The normalized spacial score (nSPS) is 21.6. The van der Waals surface area contributed by atoms with Gasteiger partial charge in [-0.3, -0.25) is 0 Å². The molecule has 4 nitrogen and oxygen atoms in total. The molecule has 0 radical (unpaired) electrons. The van der Waals surface area contributed by atoms with Gasteiger partial charge in [-0.1, -0.05) is 22.9 Å². The SMILES string of the molecule is CCN1CCC(CNCc2cc3c(cc2Br)OCO3)C1. The standard InChI is InChI=1S/C15H21BrN2O2/c1-2-18-4-3-11(9-18)7-17-8-12-5-14-15(6-13(12)16)20-10-19-14/h5-6,11,17H,2-4,7-10H2,1H3. The fourth-order valence-electron chi connectivity index (χ4n) is 2.87. The van der Waals surface area contributed by atoms with E-state index < -0.39 is 0 Å². The highest BCUT2D eigenvalue weighted by Crippen LogP contribution is 2.36. The van der Waals surface area contributed by atoms with E-state index >= 15 is 0 Å². The zero-order valence-corrected chi connectivity index (χ0v) is 13.4. The molecular formula is C15H21BrN2O2. The molecule has 0 aromatic heterocycles. The molecule has 1 aromatic carbocycles. The maximum Gasteiger partial charge on any atom is 0.231 e. The van der Waals surface area contributed by atoms with Crippen LogP contribution in [0.1, 0.15) is 18.9 Å². The third kappa shape index (κ3) is 3.10. The number of nitrogens with zero attached hydrogens (tertiary/aromatic N) is 1. The largest absolute Gasteiger partial charge is 0.454 e. The number of benzene rings is 1. The number of fused-ring (bicyclic) bond motifs is 1. The average molecular weight is 341 g/mol. The van der Waals surface area contributed by atoms with Gasteiger partial charge in [0.2, 0.25) is 6.79 Å². The van der Waals surface area contributed by atoms with Gasteiger partial charge in [-0.25, -0.2) is 0 Å². The smallest absolute Gasteiger partial charge is 0.231 e. The van der Waals surface area contributed by atoms with Gasteiger partial charge in [0.05, 0.1) is 0 Å². The number of hydrogen-bond donors (Lipinski definition) is 1.